The molecular weight excluding hydrogens is 386 g/mol. The van der Waals surface area contributed by atoms with Gasteiger partial charge in [-0.05, 0) is 42.2 Å². The van der Waals surface area contributed by atoms with Crippen molar-refractivity contribution < 1.29 is 28.7 Å². The maximum absolute atomic E-state index is 13.0. The van der Waals surface area contributed by atoms with E-state index < -0.39 is 0 Å². The second kappa shape index (κ2) is 12.3. The Morgan fingerprint density at radius 1 is 0.933 bits per heavy atom. The second-order valence-electron chi connectivity index (χ2n) is 7.31. The number of aromatic nitrogens is 1. The first-order valence-electron chi connectivity index (χ1n) is 9.76. The second-order valence-corrected chi connectivity index (χ2v) is 7.31. The van der Waals surface area contributed by atoms with E-state index in [0.29, 0.717) is 5.78 Å². The third-order valence-corrected chi connectivity index (χ3v) is 5.27. The van der Waals surface area contributed by atoms with Crippen molar-refractivity contribution in [3.8, 4) is 16.9 Å². The number of carbonyl (C=O) groups excluding carboxylic acids is 5. The van der Waals surface area contributed by atoms with E-state index in [1.54, 1.807) is 7.11 Å². The molecule has 3 rings (SSSR count). The van der Waals surface area contributed by atoms with Gasteiger partial charge in [0.1, 0.15) is 11.3 Å². The van der Waals surface area contributed by atoms with Gasteiger partial charge in [-0.25, -0.2) is 0 Å². The van der Waals surface area contributed by atoms with Crippen LogP contribution < -0.4 is 4.74 Å². The summed E-state index contributed by atoms with van der Waals surface area (Å²) in [6.07, 6.45) is 10.2. The normalized spacial score (nSPS) is 14.1. The zero-order valence-electron chi connectivity index (χ0n) is 17.6. The van der Waals surface area contributed by atoms with Gasteiger partial charge in [0.2, 0.25) is 0 Å². The van der Waals surface area contributed by atoms with E-state index in [1.165, 1.54) is 6.42 Å². The molecule has 0 atom stereocenters. The summed E-state index contributed by atoms with van der Waals surface area (Å²) < 4.78 is 7.42. The van der Waals surface area contributed by atoms with Gasteiger partial charge in [-0.15, -0.1) is 0 Å². The van der Waals surface area contributed by atoms with Crippen LogP contribution in [-0.2, 0) is 29.5 Å². The molecule has 1 heterocycles. The Labute approximate surface area is 176 Å². The Bertz CT molecular complexity index is 851. The fourth-order valence-corrected chi connectivity index (χ4v) is 3.92. The van der Waals surface area contributed by atoms with Gasteiger partial charge in [0.25, 0.3) is 0 Å². The third-order valence-electron chi connectivity index (χ3n) is 5.27. The first-order chi connectivity index (χ1) is 14.4. The average molecular weight is 413 g/mol. The molecule has 0 N–H and O–H groups in total. The number of hydrogen-bond donors (Lipinski definition) is 0. The van der Waals surface area contributed by atoms with Crippen molar-refractivity contribution in [3.05, 3.63) is 42.7 Å². The number of benzene rings is 1. The summed E-state index contributed by atoms with van der Waals surface area (Å²) in [7, 11) is 1.68. The molecule has 0 aliphatic heterocycles. The molecule has 1 fully saturated rings. The van der Waals surface area contributed by atoms with Crippen LogP contribution in [-0.4, -0.2) is 29.8 Å². The fraction of sp³-hybridized carbons (Fsp3) is 0.435. The number of nitrogens with zero attached hydrogens (tertiary/aromatic N) is 1. The number of ether oxygens (including phenoxy) is 1. The van der Waals surface area contributed by atoms with E-state index >= 15 is 0 Å². The lowest BCUT2D eigenvalue weighted by molar-refractivity contribution is -0.193. The highest BCUT2D eigenvalue weighted by Gasteiger charge is 2.41. The van der Waals surface area contributed by atoms with Gasteiger partial charge in [0.15, 0.2) is 5.78 Å². The number of methoxy groups -OCH3 is 1. The molecule has 1 aromatic heterocycles. The molecule has 0 unspecified atom stereocenters. The molecule has 1 aliphatic rings. The lowest BCUT2D eigenvalue weighted by atomic mass is 9.75. The number of rotatable bonds is 5. The van der Waals surface area contributed by atoms with E-state index in [1.807, 2.05) is 26.0 Å². The molecule has 0 radical (unpaired) electrons. The topological polar surface area (TPSA) is 99.5 Å². The van der Waals surface area contributed by atoms with Crippen LogP contribution in [0.5, 0.6) is 5.75 Å². The molecule has 1 aromatic carbocycles. The molecule has 0 spiro atoms. The molecular formula is C23H27NO6. The Kier molecular flexibility index (Phi) is 10.2. The van der Waals surface area contributed by atoms with Crippen LogP contribution in [0.25, 0.3) is 11.1 Å². The van der Waals surface area contributed by atoms with Crippen LogP contribution in [0.4, 0.5) is 0 Å². The molecule has 0 saturated heterocycles. The van der Waals surface area contributed by atoms with E-state index in [0.717, 1.165) is 42.6 Å². The SMILES string of the molecule is COc1ccc(-c2ccn(C3(C(=O)C(C)C)CCCCC3)c2)cc1.O=C=O.O=C=O. The van der Waals surface area contributed by atoms with E-state index in [9.17, 15) is 4.79 Å². The maximum atomic E-state index is 13.0. The lowest BCUT2D eigenvalue weighted by Crippen LogP contribution is -2.45. The smallest absolute Gasteiger partial charge is 0.373 e. The van der Waals surface area contributed by atoms with Gasteiger partial charge >= 0.3 is 12.3 Å². The standard InChI is InChI=1S/C21H27NO2.2CO2/c1-16(2)20(23)21(12-5-4-6-13-21)22-14-11-18(15-22)17-7-9-19(24-3)10-8-17;2*2-1-3/h7-11,14-16H,4-6,12-13H2,1-3H3;;. The summed E-state index contributed by atoms with van der Waals surface area (Å²) >= 11 is 0. The predicted octanol–water partition coefficient (Wildman–Crippen LogP) is 3.88. The average Bonchev–Trinajstić information content (AvgIpc) is 3.26. The number of carbonyl (C=O) groups is 1. The molecule has 30 heavy (non-hydrogen) atoms. The van der Waals surface area contributed by atoms with Gasteiger partial charge in [-0.1, -0.05) is 45.2 Å². The predicted molar refractivity (Wildman–Crippen MR) is 107 cm³/mol. The Hall–Kier alpha value is -3.27. The quantitative estimate of drug-likeness (QED) is 0.737. The highest BCUT2D eigenvalue weighted by Crippen LogP contribution is 2.39. The molecule has 1 saturated carbocycles. The first-order valence-corrected chi connectivity index (χ1v) is 9.76. The van der Waals surface area contributed by atoms with Crippen LogP contribution in [0.15, 0.2) is 42.7 Å². The number of Topliss-reactive ketones (excluding diaryl/α,β-unsaturated/α-hetero) is 1. The Balaban J connectivity index is 0.000000672. The van der Waals surface area contributed by atoms with E-state index in [2.05, 4.69) is 35.2 Å². The van der Waals surface area contributed by atoms with Gasteiger partial charge in [0, 0.05) is 18.3 Å². The molecule has 7 heteroatoms. The summed E-state index contributed by atoms with van der Waals surface area (Å²) in [5.74, 6) is 1.30. The van der Waals surface area contributed by atoms with Crippen LogP contribution in [0, 0.1) is 5.92 Å². The zero-order valence-corrected chi connectivity index (χ0v) is 17.6. The summed E-state index contributed by atoms with van der Waals surface area (Å²) in [5.41, 5.74) is 1.95. The van der Waals surface area contributed by atoms with Crippen LogP contribution in [0.3, 0.4) is 0 Å². The summed E-state index contributed by atoms with van der Waals surface area (Å²) in [4.78, 5) is 45.5. The monoisotopic (exact) mass is 413 g/mol. The van der Waals surface area contributed by atoms with Crippen molar-refractivity contribution in [1.82, 2.24) is 4.57 Å². The molecule has 0 bridgehead atoms. The largest absolute Gasteiger partial charge is 0.497 e. The Morgan fingerprint density at radius 3 is 1.93 bits per heavy atom. The molecule has 0 amide bonds. The lowest BCUT2D eigenvalue weighted by Gasteiger charge is -2.38. The van der Waals surface area contributed by atoms with Crippen molar-refractivity contribution in [2.75, 3.05) is 7.11 Å². The van der Waals surface area contributed by atoms with Gasteiger partial charge < -0.3 is 9.30 Å². The van der Waals surface area contributed by atoms with Crippen molar-refractivity contribution in [3.63, 3.8) is 0 Å². The van der Waals surface area contributed by atoms with Crippen LogP contribution in [0.2, 0.25) is 0 Å². The first kappa shape index (κ1) is 24.8. The zero-order chi connectivity index (χ0) is 22.6. The van der Waals surface area contributed by atoms with Crippen molar-refractivity contribution in [1.29, 1.82) is 0 Å². The maximum Gasteiger partial charge on any atom is 0.373 e. The summed E-state index contributed by atoms with van der Waals surface area (Å²) in [6, 6.07) is 10.2. The van der Waals surface area contributed by atoms with Crippen LogP contribution in [0.1, 0.15) is 46.0 Å². The Morgan fingerprint density at radius 2 is 1.47 bits per heavy atom. The minimum atomic E-state index is -0.350. The molecule has 7 nitrogen and oxygen atoms in total. The summed E-state index contributed by atoms with van der Waals surface area (Å²) in [5, 5.41) is 0. The third kappa shape index (κ3) is 6.11. The van der Waals surface area contributed by atoms with Crippen molar-refractivity contribution in [2.24, 2.45) is 5.92 Å². The molecule has 2 aromatic rings. The van der Waals surface area contributed by atoms with Gasteiger partial charge in [-0.3, -0.25) is 4.79 Å². The van der Waals surface area contributed by atoms with Crippen molar-refractivity contribution >= 4 is 18.1 Å². The number of ketones is 1. The highest BCUT2D eigenvalue weighted by atomic mass is 16.5. The van der Waals surface area contributed by atoms with E-state index in [4.69, 9.17) is 23.9 Å². The van der Waals surface area contributed by atoms with Crippen LogP contribution >= 0.6 is 0 Å². The summed E-state index contributed by atoms with van der Waals surface area (Å²) in [6.45, 7) is 4.04. The molecule has 1 aliphatic carbocycles. The van der Waals surface area contributed by atoms with Crippen molar-refractivity contribution in [2.45, 2.75) is 51.5 Å². The molecule has 160 valence electrons. The fourth-order valence-electron chi connectivity index (χ4n) is 3.92. The number of hydrogen-bond acceptors (Lipinski definition) is 6. The minimum Gasteiger partial charge on any atom is -0.497 e. The van der Waals surface area contributed by atoms with E-state index in [-0.39, 0.29) is 23.8 Å². The minimum absolute atomic E-state index is 0.0648. The van der Waals surface area contributed by atoms with Gasteiger partial charge in [0.05, 0.1) is 7.11 Å². The highest BCUT2D eigenvalue weighted by molar-refractivity contribution is 5.88. The van der Waals surface area contributed by atoms with Gasteiger partial charge in [-0.2, -0.15) is 19.2 Å².